The van der Waals surface area contributed by atoms with Crippen molar-refractivity contribution in [3.8, 4) is 0 Å². The van der Waals surface area contributed by atoms with Crippen LogP contribution in [0.2, 0.25) is 0 Å². The summed E-state index contributed by atoms with van der Waals surface area (Å²) in [7, 11) is 0. The molecule has 2 aliphatic heterocycles. The Bertz CT molecular complexity index is 763. The molecule has 0 radical (unpaired) electrons. The molecule has 8 heteroatoms. The number of hydrogen-bond donors (Lipinski definition) is 1. The van der Waals surface area contributed by atoms with Gasteiger partial charge in [-0.25, -0.2) is 4.79 Å². The summed E-state index contributed by atoms with van der Waals surface area (Å²) in [6, 6.07) is 3.41. The predicted molar refractivity (Wildman–Crippen MR) is 114 cm³/mol. The number of rotatable bonds is 5. The Morgan fingerprint density at radius 1 is 1.10 bits per heavy atom. The molecule has 30 heavy (non-hydrogen) atoms. The highest BCUT2D eigenvalue weighted by Gasteiger charge is 2.33. The molecule has 2 aliphatic rings. The SMILES string of the molecule is CCN(CC)C(=O)C1CCCN(C(=O)N[C@@H]2CCN(C(=O)c3ccc(C)nc3)C2)C1. The van der Waals surface area contributed by atoms with E-state index in [1.54, 1.807) is 22.1 Å². The molecule has 4 amide bonds. The van der Waals surface area contributed by atoms with Crippen LogP contribution in [-0.2, 0) is 4.79 Å². The fraction of sp³-hybridized carbons (Fsp3) is 0.636. The summed E-state index contributed by atoms with van der Waals surface area (Å²) in [5, 5.41) is 3.06. The van der Waals surface area contributed by atoms with Crippen molar-refractivity contribution in [3.05, 3.63) is 29.6 Å². The smallest absolute Gasteiger partial charge is 0.317 e. The molecule has 3 heterocycles. The molecular formula is C22H33N5O3. The highest BCUT2D eigenvalue weighted by atomic mass is 16.2. The van der Waals surface area contributed by atoms with Crippen LogP contribution in [0.5, 0.6) is 0 Å². The number of pyridine rings is 1. The number of aryl methyl sites for hydroxylation is 1. The average Bonchev–Trinajstić information content (AvgIpc) is 3.23. The number of urea groups is 1. The van der Waals surface area contributed by atoms with Crippen LogP contribution in [-0.4, -0.2) is 82.8 Å². The van der Waals surface area contributed by atoms with Gasteiger partial charge in [-0.2, -0.15) is 0 Å². The van der Waals surface area contributed by atoms with Gasteiger partial charge in [-0.3, -0.25) is 14.6 Å². The number of piperidine rings is 1. The molecule has 2 atom stereocenters. The lowest BCUT2D eigenvalue weighted by molar-refractivity contribution is -0.136. The summed E-state index contributed by atoms with van der Waals surface area (Å²) in [6.07, 6.45) is 3.99. The number of likely N-dealkylation sites (tertiary alicyclic amines) is 2. The van der Waals surface area contributed by atoms with E-state index in [1.807, 2.05) is 31.7 Å². The molecule has 8 nitrogen and oxygen atoms in total. The molecule has 1 aromatic rings. The monoisotopic (exact) mass is 415 g/mol. The van der Waals surface area contributed by atoms with E-state index in [2.05, 4.69) is 10.3 Å². The lowest BCUT2D eigenvalue weighted by Crippen LogP contribution is -2.52. The first-order valence-corrected chi connectivity index (χ1v) is 11.0. The second kappa shape index (κ2) is 9.91. The van der Waals surface area contributed by atoms with E-state index >= 15 is 0 Å². The third kappa shape index (κ3) is 5.09. The standard InChI is InChI=1S/C22H33N5O3/c1-4-25(5-2)21(29)18-7-6-11-27(14-18)22(30)24-19-10-12-26(15-19)20(28)17-9-8-16(3)23-13-17/h8-9,13,18-19H,4-7,10-12,14-15H2,1-3H3,(H,24,30)/t18?,19-/m1/s1. The minimum Gasteiger partial charge on any atom is -0.343 e. The summed E-state index contributed by atoms with van der Waals surface area (Å²) in [5.74, 6) is -0.0379. The van der Waals surface area contributed by atoms with Crippen LogP contribution in [0, 0.1) is 12.8 Å². The third-order valence-corrected chi connectivity index (χ3v) is 6.09. The third-order valence-electron chi connectivity index (χ3n) is 6.09. The molecule has 1 aromatic heterocycles. The number of hydrogen-bond acceptors (Lipinski definition) is 4. The van der Waals surface area contributed by atoms with Crippen molar-refractivity contribution in [3.63, 3.8) is 0 Å². The summed E-state index contributed by atoms with van der Waals surface area (Å²) < 4.78 is 0. The Morgan fingerprint density at radius 3 is 2.53 bits per heavy atom. The Balaban J connectivity index is 1.51. The zero-order valence-corrected chi connectivity index (χ0v) is 18.3. The van der Waals surface area contributed by atoms with E-state index < -0.39 is 0 Å². The van der Waals surface area contributed by atoms with Gasteiger partial charge in [0.15, 0.2) is 0 Å². The molecule has 0 aromatic carbocycles. The van der Waals surface area contributed by atoms with E-state index in [9.17, 15) is 14.4 Å². The van der Waals surface area contributed by atoms with Gasteiger partial charge in [0, 0.05) is 57.2 Å². The summed E-state index contributed by atoms with van der Waals surface area (Å²) in [5.41, 5.74) is 1.44. The number of carbonyl (C=O) groups excluding carboxylic acids is 3. The van der Waals surface area contributed by atoms with Gasteiger partial charge in [0.2, 0.25) is 5.91 Å². The second-order valence-electron chi connectivity index (χ2n) is 8.17. The molecule has 0 aliphatic carbocycles. The van der Waals surface area contributed by atoms with Gasteiger partial charge in [-0.1, -0.05) is 0 Å². The van der Waals surface area contributed by atoms with Crippen molar-refractivity contribution < 1.29 is 14.4 Å². The van der Waals surface area contributed by atoms with E-state index in [4.69, 9.17) is 0 Å². The Morgan fingerprint density at radius 2 is 1.87 bits per heavy atom. The number of nitrogens with one attached hydrogen (secondary N) is 1. The van der Waals surface area contributed by atoms with Crippen LogP contribution in [0.3, 0.4) is 0 Å². The van der Waals surface area contributed by atoms with Gasteiger partial charge in [-0.05, 0) is 52.2 Å². The molecule has 164 valence electrons. The summed E-state index contributed by atoms with van der Waals surface area (Å²) in [4.78, 5) is 47.7. The number of nitrogens with zero attached hydrogens (tertiary/aromatic N) is 4. The maximum Gasteiger partial charge on any atom is 0.317 e. The van der Waals surface area contributed by atoms with Gasteiger partial charge in [0.1, 0.15) is 0 Å². The first kappa shape index (κ1) is 22.1. The minimum atomic E-state index is -0.136. The van der Waals surface area contributed by atoms with E-state index in [-0.39, 0.29) is 29.8 Å². The van der Waals surface area contributed by atoms with E-state index in [0.717, 1.165) is 25.0 Å². The molecule has 0 spiro atoms. The van der Waals surface area contributed by atoms with E-state index in [1.165, 1.54) is 0 Å². The minimum absolute atomic E-state index is 0.0536. The van der Waals surface area contributed by atoms with Gasteiger partial charge in [0.25, 0.3) is 5.91 Å². The molecule has 0 bridgehead atoms. The maximum absolute atomic E-state index is 12.8. The van der Waals surface area contributed by atoms with E-state index in [0.29, 0.717) is 44.8 Å². The topological polar surface area (TPSA) is 85.9 Å². The molecule has 1 N–H and O–H groups in total. The van der Waals surface area contributed by atoms with Crippen LogP contribution < -0.4 is 5.32 Å². The number of aromatic nitrogens is 1. The van der Waals surface area contributed by atoms with Crippen LogP contribution >= 0.6 is 0 Å². The van der Waals surface area contributed by atoms with Crippen LogP contribution in [0.25, 0.3) is 0 Å². The number of carbonyl (C=O) groups is 3. The lowest BCUT2D eigenvalue weighted by Gasteiger charge is -2.35. The average molecular weight is 416 g/mol. The van der Waals surface area contributed by atoms with Gasteiger partial charge in [-0.15, -0.1) is 0 Å². The van der Waals surface area contributed by atoms with Gasteiger partial charge >= 0.3 is 6.03 Å². The van der Waals surface area contributed by atoms with Crippen LogP contribution in [0.4, 0.5) is 4.79 Å². The second-order valence-corrected chi connectivity index (χ2v) is 8.17. The van der Waals surface area contributed by atoms with Crippen molar-refractivity contribution in [1.82, 2.24) is 25.0 Å². The molecule has 2 fully saturated rings. The van der Waals surface area contributed by atoms with Crippen molar-refractivity contribution >= 4 is 17.8 Å². The van der Waals surface area contributed by atoms with Crippen LogP contribution in [0.15, 0.2) is 18.3 Å². The fourth-order valence-corrected chi connectivity index (χ4v) is 4.26. The van der Waals surface area contributed by atoms with Crippen molar-refractivity contribution in [1.29, 1.82) is 0 Å². The van der Waals surface area contributed by atoms with Crippen molar-refractivity contribution in [2.24, 2.45) is 5.92 Å². The largest absolute Gasteiger partial charge is 0.343 e. The highest BCUT2D eigenvalue weighted by Crippen LogP contribution is 2.20. The molecule has 0 saturated carbocycles. The van der Waals surface area contributed by atoms with Crippen molar-refractivity contribution in [2.75, 3.05) is 39.3 Å². The zero-order valence-electron chi connectivity index (χ0n) is 18.3. The summed E-state index contributed by atoms with van der Waals surface area (Å²) in [6.45, 7) is 9.47. The normalized spacial score (nSPS) is 21.4. The number of amides is 4. The van der Waals surface area contributed by atoms with Crippen molar-refractivity contribution in [2.45, 2.75) is 46.1 Å². The van der Waals surface area contributed by atoms with Crippen LogP contribution in [0.1, 0.15) is 49.2 Å². The highest BCUT2D eigenvalue weighted by molar-refractivity contribution is 5.94. The molecule has 3 rings (SSSR count). The Labute approximate surface area is 178 Å². The quantitative estimate of drug-likeness (QED) is 0.796. The summed E-state index contributed by atoms with van der Waals surface area (Å²) >= 11 is 0. The first-order chi connectivity index (χ1) is 14.4. The molecule has 1 unspecified atom stereocenters. The fourth-order valence-electron chi connectivity index (χ4n) is 4.26. The molecule has 2 saturated heterocycles. The first-order valence-electron chi connectivity index (χ1n) is 11.0. The Kier molecular flexibility index (Phi) is 7.29. The van der Waals surface area contributed by atoms with Gasteiger partial charge in [0.05, 0.1) is 11.5 Å². The Hall–Kier alpha value is -2.64. The van der Waals surface area contributed by atoms with Gasteiger partial charge < -0.3 is 20.0 Å². The predicted octanol–water partition coefficient (Wildman–Crippen LogP) is 1.89. The zero-order chi connectivity index (χ0) is 21.7. The lowest BCUT2D eigenvalue weighted by atomic mass is 9.96. The maximum atomic E-state index is 12.8. The molecular weight excluding hydrogens is 382 g/mol.